The van der Waals surface area contributed by atoms with Gasteiger partial charge in [0.1, 0.15) is 18.3 Å². The summed E-state index contributed by atoms with van der Waals surface area (Å²) < 4.78 is 18.8. The molecule has 3 rings (SSSR count). The van der Waals surface area contributed by atoms with Crippen LogP contribution in [0.15, 0.2) is 42.5 Å². The lowest BCUT2D eigenvalue weighted by Crippen LogP contribution is -2.32. The van der Waals surface area contributed by atoms with Gasteiger partial charge in [-0.05, 0) is 49.1 Å². The number of rotatable bonds is 4. The molecule has 1 heterocycles. The number of halogens is 1. The quantitative estimate of drug-likeness (QED) is 0.631. The van der Waals surface area contributed by atoms with E-state index in [1.165, 1.54) is 12.1 Å². The molecule has 4 nitrogen and oxygen atoms in total. The molecule has 1 amide bonds. The van der Waals surface area contributed by atoms with Crippen molar-refractivity contribution >= 4 is 17.6 Å². The zero-order chi connectivity index (χ0) is 18.0. The normalized spacial score (nSPS) is 17.0. The molecule has 0 radical (unpaired) electrons. The van der Waals surface area contributed by atoms with Crippen molar-refractivity contribution in [2.75, 3.05) is 11.4 Å². The molecule has 1 aliphatic heterocycles. The van der Waals surface area contributed by atoms with Gasteiger partial charge in [-0.2, -0.15) is 0 Å². The van der Waals surface area contributed by atoms with Gasteiger partial charge >= 0.3 is 5.97 Å². The van der Waals surface area contributed by atoms with Crippen LogP contribution in [0.4, 0.5) is 10.1 Å². The third-order valence-electron chi connectivity index (χ3n) is 4.44. The molecule has 1 saturated heterocycles. The van der Waals surface area contributed by atoms with Crippen molar-refractivity contribution in [3.8, 4) is 0 Å². The van der Waals surface area contributed by atoms with Crippen molar-refractivity contribution in [1.82, 2.24) is 0 Å². The summed E-state index contributed by atoms with van der Waals surface area (Å²) in [6.45, 7) is 4.11. The number of anilines is 1. The van der Waals surface area contributed by atoms with Crippen molar-refractivity contribution in [3.05, 3.63) is 65.0 Å². The largest absolute Gasteiger partial charge is 0.460 e. The number of carbonyl (C=O) groups is 2. The summed E-state index contributed by atoms with van der Waals surface area (Å²) in [5.41, 5.74) is 2.93. The van der Waals surface area contributed by atoms with Gasteiger partial charge in [0.25, 0.3) is 0 Å². The van der Waals surface area contributed by atoms with Crippen LogP contribution in [-0.2, 0) is 20.9 Å². The first kappa shape index (κ1) is 17.1. The first-order chi connectivity index (χ1) is 12.0. The Morgan fingerprint density at radius 3 is 2.48 bits per heavy atom. The Morgan fingerprint density at radius 1 is 1.20 bits per heavy atom. The molecule has 1 unspecified atom stereocenters. The molecular weight excluding hydrogens is 321 g/mol. The predicted molar refractivity (Wildman–Crippen MR) is 92.6 cm³/mol. The maximum absolute atomic E-state index is 13.5. The van der Waals surface area contributed by atoms with Gasteiger partial charge in [-0.25, -0.2) is 4.39 Å². The van der Waals surface area contributed by atoms with Gasteiger partial charge in [0, 0.05) is 12.2 Å². The maximum Gasteiger partial charge on any atom is 0.318 e. The lowest BCUT2D eigenvalue weighted by molar-refractivity contribution is -0.152. The molecule has 1 atom stereocenters. The minimum absolute atomic E-state index is 0.151. The van der Waals surface area contributed by atoms with Crippen LogP contribution in [0.1, 0.15) is 23.1 Å². The minimum Gasteiger partial charge on any atom is -0.460 e. The van der Waals surface area contributed by atoms with E-state index in [9.17, 15) is 14.0 Å². The molecule has 0 N–H and O–H groups in total. The third kappa shape index (κ3) is 3.55. The standard InChI is InChI=1S/C20H20FNO3/c1-13-10-16(21)11-14(2)18(13)22-9-8-17(19(22)23)20(24)25-12-15-6-4-3-5-7-15/h3-7,10-11,17H,8-9,12H2,1-2H3. The molecule has 5 heteroatoms. The van der Waals surface area contributed by atoms with Crippen LogP contribution in [0.5, 0.6) is 0 Å². The van der Waals surface area contributed by atoms with E-state index >= 15 is 0 Å². The summed E-state index contributed by atoms with van der Waals surface area (Å²) >= 11 is 0. The highest BCUT2D eigenvalue weighted by Crippen LogP contribution is 2.32. The van der Waals surface area contributed by atoms with Crippen LogP contribution in [-0.4, -0.2) is 18.4 Å². The summed E-state index contributed by atoms with van der Waals surface area (Å²) in [5, 5.41) is 0. The van der Waals surface area contributed by atoms with Crippen molar-refractivity contribution in [2.24, 2.45) is 5.92 Å². The Balaban J connectivity index is 1.70. The Labute approximate surface area is 146 Å². The minimum atomic E-state index is -0.799. The summed E-state index contributed by atoms with van der Waals surface area (Å²) in [4.78, 5) is 26.5. The molecular formula is C20H20FNO3. The van der Waals surface area contributed by atoms with Crippen LogP contribution in [0.25, 0.3) is 0 Å². The van der Waals surface area contributed by atoms with Crippen LogP contribution in [0.2, 0.25) is 0 Å². The second-order valence-electron chi connectivity index (χ2n) is 6.31. The topological polar surface area (TPSA) is 46.6 Å². The van der Waals surface area contributed by atoms with Gasteiger partial charge in [0.05, 0.1) is 0 Å². The monoisotopic (exact) mass is 341 g/mol. The molecule has 0 aliphatic carbocycles. The van der Waals surface area contributed by atoms with E-state index in [0.29, 0.717) is 29.8 Å². The summed E-state index contributed by atoms with van der Waals surface area (Å²) in [7, 11) is 0. The molecule has 1 aliphatic rings. The van der Waals surface area contributed by atoms with E-state index in [1.807, 2.05) is 30.3 Å². The van der Waals surface area contributed by atoms with E-state index in [4.69, 9.17) is 4.74 Å². The fourth-order valence-corrected chi connectivity index (χ4v) is 3.28. The maximum atomic E-state index is 13.5. The van der Waals surface area contributed by atoms with Crippen molar-refractivity contribution in [3.63, 3.8) is 0 Å². The number of aryl methyl sites for hydroxylation is 2. The van der Waals surface area contributed by atoms with Gasteiger partial charge in [-0.15, -0.1) is 0 Å². The summed E-state index contributed by atoms with van der Waals surface area (Å²) in [5.74, 6) is -1.92. The molecule has 0 aromatic heterocycles. The zero-order valence-electron chi connectivity index (χ0n) is 14.3. The molecule has 0 saturated carbocycles. The lowest BCUT2D eigenvalue weighted by atomic mass is 10.1. The highest BCUT2D eigenvalue weighted by molar-refractivity contribution is 6.08. The van der Waals surface area contributed by atoms with E-state index in [1.54, 1.807) is 18.7 Å². The van der Waals surface area contributed by atoms with Crippen molar-refractivity contribution in [2.45, 2.75) is 26.9 Å². The molecule has 2 aromatic rings. The van der Waals surface area contributed by atoms with Crippen LogP contribution in [0, 0.1) is 25.6 Å². The smallest absolute Gasteiger partial charge is 0.318 e. The first-order valence-corrected chi connectivity index (χ1v) is 8.26. The van der Waals surface area contributed by atoms with Gasteiger partial charge in [0.2, 0.25) is 5.91 Å². The number of hydrogen-bond donors (Lipinski definition) is 0. The Hall–Kier alpha value is -2.69. The van der Waals surface area contributed by atoms with E-state index in [2.05, 4.69) is 0 Å². The Bertz CT molecular complexity index is 781. The van der Waals surface area contributed by atoms with Gasteiger partial charge in [-0.3, -0.25) is 9.59 Å². The molecule has 0 bridgehead atoms. The highest BCUT2D eigenvalue weighted by atomic mass is 19.1. The van der Waals surface area contributed by atoms with Crippen LogP contribution in [0.3, 0.4) is 0 Å². The molecule has 1 fully saturated rings. The van der Waals surface area contributed by atoms with Gasteiger partial charge in [0.15, 0.2) is 0 Å². The Morgan fingerprint density at radius 2 is 1.84 bits per heavy atom. The average Bonchev–Trinajstić information content (AvgIpc) is 2.94. The van der Waals surface area contributed by atoms with E-state index in [-0.39, 0.29) is 18.3 Å². The SMILES string of the molecule is Cc1cc(F)cc(C)c1N1CCC(C(=O)OCc2ccccc2)C1=O. The Kier molecular flexibility index (Phi) is 4.83. The van der Waals surface area contributed by atoms with Gasteiger partial charge in [-0.1, -0.05) is 30.3 Å². The number of ether oxygens (including phenoxy) is 1. The highest BCUT2D eigenvalue weighted by Gasteiger charge is 2.39. The molecule has 130 valence electrons. The number of carbonyl (C=O) groups excluding carboxylic acids is 2. The molecule has 25 heavy (non-hydrogen) atoms. The first-order valence-electron chi connectivity index (χ1n) is 8.26. The lowest BCUT2D eigenvalue weighted by Gasteiger charge is -2.21. The summed E-state index contributed by atoms with van der Waals surface area (Å²) in [6, 6.07) is 12.1. The number of benzene rings is 2. The molecule has 0 spiro atoms. The van der Waals surface area contributed by atoms with Crippen LogP contribution < -0.4 is 4.90 Å². The van der Waals surface area contributed by atoms with Gasteiger partial charge < -0.3 is 9.64 Å². The van der Waals surface area contributed by atoms with E-state index < -0.39 is 11.9 Å². The average molecular weight is 341 g/mol. The number of amides is 1. The second-order valence-corrected chi connectivity index (χ2v) is 6.31. The summed E-state index contributed by atoms with van der Waals surface area (Å²) in [6.07, 6.45) is 0.405. The zero-order valence-corrected chi connectivity index (χ0v) is 14.3. The second kappa shape index (κ2) is 7.05. The number of nitrogens with zero attached hydrogens (tertiary/aromatic N) is 1. The number of esters is 1. The predicted octanol–water partition coefficient (Wildman–Crippen LogP) is 3.54. The fourth-order valence-electron chi connectivity index (χ4n) is 3.28. The fraction of sp³-hybridized carbons (Fsp3) is 0.300. The van der Waals surface area contributed by atoms with Crippen LogP contribution >= 0.6 is 0 Å². The number of hydrogen-bond acceptors (Lipinski definition) is 3. The third-order valence-corrected chi connectivity index (χ3v) is 4.44. The van der Waals surface area contributed by atoms with E-state index in [0.717, 1.165) is 5.56 Å². The van der Waals surface area contributed by atoms with Crippen molar-refractivity contribution < 1.29 is 18.7 Å². The van der Waals surface area contributed by atoms with Crippen molar-refractivity contribution in [1.29, 1.82) is 0 Å². The molecule has 2 aromatic carbocycles.